The van der Waals surface area contributed by atoms with Crippen LogP contribution in [0.5, 0.6) is 0 Å². The van der Waals surface area contributed by atoms with Gasteiger partial charge in [-0.1, -0.05) is 41.9 Å². The normalized spacial score (nSPS) is 18.4. The molecule has 2 amide bonds. The summed E-state index contributed by atoms with van der Waals surface area (Å²) in [5.74, 6) is -1.10. The fourth-order valence-corrected chi connectivity index (χ4v) is 3.79. The number of primary amides is 1. The van der Waals surface area contributed by atoms with Crippen LogP contribution < -0.4 is 11.1 Å². The minimum atomic E-state index is -4.65. The lowest BCUT2D eigenvalue weighted by Gasteiger charge is -2.31. The average molecular weight is 426 g/mol. The molecule has 3 N–H and O–H groups in total. The molecule has 3 rings (SSSR count). The molecule has 0 aromatic heterocycles. The number of halogens is 4. The monoisotopic (exact) mass is 425 g/mol. The molecular weight excluding hydrogens is 407 g/mol. The molecule has 2 unspecified atom stereocenters. The maximum absolute atomic E-state index is 13.1. The van der Waals surface area contributed by atoms with Gasteiger partial charge in [-0.15, -0.1) is 0 Å². The van der Waals surface area contributed by atoms with Crippen molar-refractivity contribution in [3.05, 3.63) is 64.7 Å². The number of benzene rings is 2. The van der Waals surface area contributed by atoms with Crippen molar-refractivity contribution < 1.29 is 22.8 Å². The summed E-state index contributed by atoms with van der Waals surface area (Å²) in [6.07, 6.45) is -3.45. The third-order valence-corrected chi connectivity index (χ3v) is 5.19. The largest absolute Gasteiger partial charge is 0.417 e. The highest BCUT2D eigenvalue weighted by molar-refractivity contribution is 6.31. The van der Waals surface area contributed by atoms with Crippen LogP contribution in [0.25, 0.3) is 0 Å². The van der Waals surface area contributed by atoms with E-state index in [1.54, 1.807) is 35.2 Å². The Balaban J connectivity index is 1.93. The Morgan fingerprint density at radius 2 is 1.86 bits per heavy atom. The highest BCUT2D eigenvalue weighted by Crippen LogP contribution is 2.37. The summed E-state index contributed by atoms with van der Waals surface area (Å²) < 4.78 is 39.4. The zero-order valence-corrected chi connectivity index (χ0v) is 16.0. The summed E-state index contributed by atoms with van der Waals surface area (Å²) in [6, 6.07) is 10.4. The number of alkyl halides is 3. The van der Waals surface area contributed by atoms with Gasteiger partial charge in [-0.3, -0.25) is 14.5 Å². The van der Waals surface area contributed by atoms with Gasteiger partial charge in [0.15, 0.2) is 0 Å². The molecule has 2 atom stereocenters. The first kappa shape index (κ1) is 21.1. The molecule has 0 bridgehead atoms. The SMILES string of the molecule is NC(=O)C1CCCN1C(C(=O)Nc1ccc(Cl)c(C(F)(F)F)c1)c1ccccc1. The topological polar surface area (TPSA) is 75.4 Å². The predicted molar refractivity (Wildman–Crippen MR) is 103 cm³/mol. The van der Waals surface area contributed by atoms with Gasteiger partial charge in [0.1, 0.15) is 6.04 Å². The van der Waals surface area contributed by atoms with Gasteiger partial charge in [0.25, 0.3) is 0 Å². The second kappa shape index (κ2) is 8.42. The highest BCUT2D eigenvalue weighted by Gasteiger charge is 2.39. The van der Waals surface area contributed by atoms with E-state index >= 15 is 0 Å². The van der Waals surface area contributed by atoms with Crippen LogP contribution in [0.2, 0.25) is 5.02 Å². The first-order valence-corrected chi connectivity index (χ1v) is 9.34. The Kier molecular flexibility index (Phi) is 6.14. The smallest absolute Gasteiger partial charge is 0.368 e. The van der Waals surface area contributed by atoms with E-state index in [1.807, 2.05) is 0 Å². The Morgan fingerprint density at radius 3 is 2.48 bits per heavy atom. The Morgan fingerprint density at radius 1 is 1.17 bits per heavy atom. The van der Waals surface area contributed by atoms with E-state index in [0.717, 1.165) is 12.1 Å². The van der Waals surface area contributed by atoms with Crippen LogP contribution in [0.1, 0.15) is 30.0 Å². The molecule has 0 aliphatic carbocycles. The molecule has 1 fully saturated rings. The quantitative estimate of drug-likeness (QED) is 0.760. The number of likely N-dealkylation sites (tertiary alicyclic amines) is 1. The van der Waals surface area contributed by atoms with Crippen molar-refractivity contribution in [1.29, 1.82) is 0 Å². The number of nitrogens with zero attached hydrogens (tertiary/aromatic N) is 1. The van der Waals surface area contributed by atoms with Gasteiger partial charge in [0.2, 0.25) is 11.8 Å². The second-order valence-electron chi connectivity index (χ2n) is 6.79. The average Bonchev–Trinajstić information content (AvgIpc) is 3.13. The molecular formula is C20H19ClF3N3O2. The number of nitrogens with one attached hydrogen (secondary N) is 1. The first-order valence-electron chi connectivity index (χ1n) is 8.96. The standard InChI is InChI=1S/C20H19ClF3N3O2/c21-15-9-8-13(11-14(15)20(22,23)24)26-19(29)17(12-5-2-1-3-6-12)27-10-4-7-16(27)18(25)28/h1-3,5-6,8-9,11,16-17H,4,7,10H2,(H2,25,28)(H,26,29). The minimum Gasteiger partial charge on any atom is -0.368 e. The number of carbonyl (C=O) groups excluding carboxylic acids is 2. The number of amides is 2. The molecule has 1 aliphatic rings. The molecule has 0 radical (unpaired) electrons. The molecule has 1 heterocycles. The van der Waals surface area contributed by atoms with Crippen LogP contribution in [0.3, 0.4) is 0 Å². The van der Waals surface area contributed by atoms with E-state index in [2.05, 4.69) is 5.32 Å². The van der Waals surface area contributed by atoms with Gasteiger partial charge in [0.05, 0.1) is 16.6 Å². The molecule has 2 aromatic carbocycles. The molecule has 1 aliphatic heterocycles. The lowest BCUT2D eigenvalue weighted by molar-refractivity contribution is -0.137. The number of nitrogens with two attached hydrogens (primary N) is 1. The second-order valence-corrected chi connectivity index (χ2v) is 7.20. The Bertz CT molecular complexity index is 906. The summed E-state index contributed by atoms with van der Waals surface area (Å²) in [5, 5.41) is 2.07. The molecule has 29 heavy (non-hydrogen) atoms. The van der Waals surface area contributed by atoms with Crippen LogP contribution >= 0.6 is 11.6 Å². The zero-order chi connectivity index (χ0) is 21.2. The summed E-state index contributed by atoms with van der Waals surface area (Å²) in [5.41, 5.74) is 5.03. The van der Waals surface area contributed by atoms with Gasteiger partial charge < -0.3 is 11.1 Å². The lowest BCUT2D eigenvalue weighted by atomic mass is 10.0. The van der Waals surface area contributed by atoms with Crippen molar-refractivity contribution in [1.82, 2.24) is 4.90 Å². The highest BCUT2D eigenvalue weighted by atomic mass is 35.5. The van der Waals surface area contributed by atoms with Gasteiger partial charge >= 0.3 is 6.18 Å². The minimum absolute atomic E-state index is 0.0394. The van der Waals surface area contributed by atoms with Crippen molar-refractivity contribution in [2.45, 2.75) is 31.1 Å². The van der Waals surface area contributed by atoms with Crippen molar-refractivity contribution in [3.8, 4) is 0 Å². The Labute approximate surface area is 170 Å². The number of hydrogen-bond donors (Lipinski definition) is 2. The van der Waals surface area contributed by atoms with Gasteiger partial charge in [-0.05, 0) is 36.6 Å². The third-order valence-electron chi connectivity index (χ3n) is 4.86. The van der Waals surface area contributed by atoms with E-state index in [4.69, 9.17) is 17.3 Å². The van der Waals surface area contributed by atoms with E-state index in [-0.39, 0.29) is 5.69 Å². The summed E-state index contributed by atoms with van der Waals surface area (Å²) >= 11 is 5.64. The van der Waals surface area contributed by atoms with Crippen molar-refractivity contribution in [3.63, 3.8) is 0 Å². The molecule has 2 aromatic rings. The van der Waals surface area contributed by atoms with E-state index < -0.39 is 40.7 Å². The van der Waals surface area contributed by atoms with Crippen LogP contribution in [0.4, 0.5) is 18.9 Å². The maximum Gasteiger partial charge on any atom is 0.417 e. The number of anilines is 1. The molecule has 5 nitrogen and oxygen atoms in total. The van der Waals surface area contributed by atoms with Crippen molar-refractivity contribution >= 4 is 29.1 Å². The van der Waals surface area contributed by atoms with Gasteiger partial charge in [-0.2, -0.15) is 13.2 Å². The van der Waals surface area contributed by atoms with Gasteiger partial charge in [-0.25, -0.2) is 0 Å². The molecule has 0 spiro atoms. The maximum atomic E-state index is 13.1. The molecule has 9 heteroatoms. The first-order chi connectivity index (χ1) is 13.7. The summed E-state index contributed by atoms with van der Waals surface area (Å²) in [6.45, 7) is 0.467. The van der Waals surface area contributed by atoms with Crippen LogP contribution in [-0.2, 0) is 15.8 Å². The lowest BCUT2D eigenvalue weighted by Crippen LogP contribution is -2.46. The Hall–Kier alpha value is -2.58. The molecule has 1 saturated heterocycles. The van der Waals surface area contributed by atoms with E-state index in [0.29, 0.717) is 24.9 Å². The number of carbonyl (C=O) groups is 2. The predicted octanol–water partition coefficient (Wildman–Crippen LogP) is 3.99. The molecule has 0 saturated carbocycles. The fraction of sp³-hybridized carbons (Fsp3) is 0.300. The molecule has 154 valence electrons. The van der Waals surface area contributed by atoms with Gasteiger partial charge in [0, 0.05) is 12.2 Å². The van der Waals surface area contributed by atoms with Crippen LogP contribution in [0, 0.1) is 0 Å². The summed E-state index contributed by atoms with van der Waals surface area (Å²) in [4.78, 5) is 26.6. The number of hydrogen-bond acceptors (Lipinski definition) is 3. The third kappa shape index (κ3) is 4.71. The van der Waals surface area contributed by atoms with E-state index in [9.17, 15) is 22.8 Å². The van der Waals surface area contributed by atoms with Crippen molar-refractivity contribution in [2.24, 2.45) is 5.73 Å². The number of rotatable bonds is 5. The summed E-state index contributed by atoms with van der Waals surface area (Å²) in [7, 11) is 0. The zero-order valence-electron chi connectivity index (χ0n) is 15.2. The van der Waals surface area contributed by atoms with Crippen LogP contribution in [-0.4, -0.2) is 29.3 Å². The van der Waals surface area contributed by atoms with Crippen LogP contribution in [0.15, 0.2) is 48.5 Å². The fourth-order valence-electron chi connectivity index (χ4n) is 3.56. The van der Waals surface area contributed by atoms with E-state index in [1.165, 1.54) is 6.07 Å². The van der Waals surface area contributed by atoms with Crippen molar-refractivity contribution in [2.75, 3.05) is 11.9 Å².